The van der Waals surface area contributed by atoms with Crippen LogP contribution in [0, 0.1) is 0 Å². The molecule has 0 amide bonds. The van der Waals surface area contributed by atoms with E-state index in [1.165, 1.54) is 212 Å². The van der Waals surface area contributed by atoms with E-state index in [0.717, 1.165) is 41.1 Å². The maximum Gasteiger partial charge on any atom is 0.492 e. The zero-order valence-corrected chi connectivity index (χ0v) is 45.8. The van der Waals surface area contributed by atoms with Crippen molar-refractivity contribution in [2.75, 3.05) is 74.8 Å². The van der Waals surface area contributed by atoms with Crippen molar-refractivity contribution in [1.82, 2.24) is 0 Å². The Hall–Kier alpha value is 0.694. The maximum absolute atomic E-state index is 9.57. The van der Waals surface area contributed by atoms with Crippen LogP contribution in [0.25, 0.3) is 0 Å². The van der Waals surface area contributed by atoms with E-state index >= 15 is 0 Å². The number of unbranched alkanes of at least 4 members (excludes halogenated alkanes) is 30. The van der Waals surface area contributed by atoms with Crippen LogP contribution < -0.4 is 24.8 Å². The summed E-state index contributed by atoms with van der Waals surface area (Å²) in [6.45, 7) is 8.97. The Morgan fingerprint density at radius 3 is 0.770 bits per heavy atom. The average molecular weight is 951 g/mol. The smallest absolute Gasteiger partial charge is 0.492 e. The molecule has 0 fully saturated rings. The number of aliphatic hydroxyl groups is 1. The summed E-state index contributed by atoms with van der Waals surface area (Å²) in [5.74, 6) is 0. The first-order valence-corrected chi connectivity index (χ1v) is 30.0. The topological polar surface area (TPSA) is 99.4 Å². The van der Waals surface area contributed by atoms with E-state index in [1.54, 1.807) is 14.2 Å². The van der Waals surface area contributed by atoms with Gasteiger partial charge in [0.1, 0.15) is 0 Å². The Labute approximate surface area is 396 Å². The first kappa shape index (κ1) is 68.3. The van der Waals surface area contributed by atoms with Crippen LogP contribution in [0.15, 0.2) is 0 Å². The fraction of sp³-hybridized carbons (Fsp3) is 1.00. The lowest BCUT2D eigenvalue weighted by atomic mass is 10.0. The van der Waals surface area contributed by atoms with Crippen molar-refractivity contribution in [3.63, 3.8) is 0 Å². The molecule has 0 saturated carbocycles. The van der Waals surface area contributed by atoms with E-state index in [9.17, 15) is 5.11 Å². The van der Waals surface area contributed by atoms with Gasteiger partial charge in [-0.2, -0.15) is 0 Å². The van der Waals surface area contributed by atoms with Gasteiger partial charge < -0.3 is 62.1 Å². The zero-order chi connectivity index (χ0) is 44.4. The van der Waals surface area contributed by atoms with Crippen molar-refractivity contribution in [3.05, 3.63) is 0 Å². The number of hydrogen-bond donors (Lipinski definition) is 4. The minimum atomic E-state index is -3.84. The Morgan fingerprint density at radius 2 is 0.557 bits per heavy atom. The molecule has 61 heavy (non-hydrogen) atoms. The van der Waals surface area contributed by atoms with Gasteiger partial charge in [0.15, 0.2) is 0 Å². The van der Waals surface area contributed by atoms with Crippen LogP contribution in [0.2, 0.25) is 12.1 Å². The van der Waals surface area contributed by atoms with Crippen LogP contribution in [0.4, 0.5) is 0 Å². The second-order valence-electron chi connectivity index (χ2n) is 19.8. The van der Waals surface area contributed by atoms with E-state index in [0.29, 0.717) is 6.42 Å². The summed E-state index contributed by atoms with van der Waals surface area (Å²) in [6, 6.07) is 1.03. The highest BCUT2D eigenvalue weighted by molar-refractivity contribution is 6.67. The molecule has 0 radical (unpaired) electrons. The second-order valence-corrected chi connectivity index (χ2v) is 25.3. The average Bonchev–Trinajstić information content (AvgIpc) is 3.19. The summed E-state index contributed by atoms with van der Waals surface area (Å²) < 4.78 is 13.0. The van der Waals surface area contributed by atoms with Gasteiger partial charge in [0.2, 0.25) is 0 Å². The zero-order valence-electron chi connectivity index (χ0n) is 42.2. The molecule has 0 rings (SSSR count). The summed E-state index contributed by atoms with van der Waals surface area (Å²) in [5, 5.41) is 9.57. The molecule has 374 valence electrons. The van der Waals surface area contributed by atoms with Crippen LogP contribution in [-0.4, -0.2) is 121 Å². The minimum Gasteiger partial charge on any atom is -1.00 e. The fourth-order valence-corrected chi connectivity index (χ4v) is 10.7. The van der Waals surface area contributed by atoms with Crippen molar-refractivity contribution in [3.8, 4) is 0 Å². The molecule has 0 aliphatic carbocycles. The summed E-state index contributed by atoms with van der Waals surface area (Å²) in [5.41, 5.74) is 0. The highest BCUT2D eigenvalue weighted by Gasteiger charge is 2.35. The molecule has 0 heterocycles. The van der Waals surface area contributed by atoms with Crippen molar-refractivity contribution in [1.29, 1.82) is 0 Å². The molecular weight excluding hydrogens is 840 g/mol. The monoisotopic (exact) mass is 949 g/mol. The predicted molar refractivity (Wildman–Crippen MR) is 261 cm³/mol. The quantitative estimate of drug-likeness (QED) is 0.0312. The second kappa shape index (κ2) is 47.2. The van der Waals surface area contributed by atoms with Gasteiger partial charge in [-0.25, -0.2) is 0 Å². The Balaban J connectivity index is -0.000000518. The number of nitrogens with zero attached hydrogens (tertiary/aromatic N) is 2. The first-order chi connectivity index (χ1) is 28.2. The molecule has 4 N–H and O–H groups in total. The minimum absolute atomic E-state index is 0. The number of rotatable bonds is 45. The molecule has 8 nitrogen and oxygen atoms in total. The predicted octanol–water partition coefficient (Wildman–Crippen LogP) is 6.62. The summed E-state index contributed by atoms with van der Waals surface area (Å²) in [6.07, 6.45) is 46.9. The van der Waals surface area contributed by atoms with Crippen LogP contribution in [0.5, 0.6) is 0 Å². The van der Waals surface area contributed by atoms with Crippen molar-refractivity contribution < 1.29 is 62.1 Å². The summed E-state index contributed by atoms with van der Waals surface area (Å²) >= 11 is 0. The van der Waals surface area contributed by atoms with E-state index in [4.69, 9.17) is 23.2 Å². The van der Waals surface area contributed by atoms with E-state index < -0.39 is 17.4 Å². The van der Waals surface area contributed by atoms with Gasteiger partial charge in [0.25, 0.3) is 0 Å². The van der Waals surface area contributed by atoms with Crippen molar-refractivity contribution in [2.24, 2.45) is 0 Å². The van der Waals surface area contributed by atoms with Gasteiger partial charge in [-0.3, -0.25) is 0 Å². The standard InChI is InChI=1S/C26H58NO3Si.C23H52NO3Si.2ClH/c1-6-7-8-9-10-11-12-13-14-15-16-17-18-19-20-21-23-27(2,3)24-22-25-31(26-28,29-4)30-5;1-4-5-6-7-8-9-10-11-12-13-14-15-16-17-18-19-21-24(2,3)22-20-23-28(25,26)27;;/h28H,6-26H2,1-5H3;25-27H,4-23H2,1-3H3;2*1H/q2*+1;;/p-2. The van der Waals surface area contributed by atoms with Crippen LogP contribution >= 0.6 is 0 Å². The summed E-state index contributed by atoms with van der Waals surface area (Å²) in [7, 11) is 6.19. The third-order valence-electron chi connectivity index (χ3n) is 12.8. The van der Waals surface area contributed by atoms with Gasteiger partial charge in [0, 0.05) is 26.7 Å². The lowest BCUT2D eigenvalue weighted by Crippen LogP contribution is -3.00. The molecule has 0 atom stereocenters. The molecule has 0 aromatic carbocycles. The van der Waals surface area contributed by atoms with Crippen molar-refractivity contribution >= 4 is 17.4 Å². The molecule has 0 bridgehead atoms. The number of halogens is 2. The van der Waals surface area contributed by atoms with E-state index in [-0.39, 0.29) is 37.1 Å². The van der Waals surface area contributed by atoms with Gasteiger partial charge in [-0.1, -0.05) is 194 Å². The van der Waals surface area contributed by atoms with Crippen molar-refractivity contribution in [2.45, 2.75) is 244 Å². The molecule has 0 spiro atoms. The Morgan fingerprint density at radius 1 is 0.344 bits per heavy atom. The van der Waals surface area contributed by atoms with Crippen LogP contribution in [0.3, 0.4) is 0 Å². The van der Waals surface area contributed by atoms with Gasteiger partial charge in [-0.05, 0) is 38.1 Å². The number of hydrogen-bond acceptors (Lipinski definition) is 6. The number of aliphatic hydroxyl groups excluding tert-OH is 1. The largest absolute Gasteiger partial charge is 1.00 e. The SMILES string of the molecule is CCCCCCCCCCCCCCCCCC[N+](C)(C)CCC[Si](CO)(OC)OC.CCCCCCCCCCCCCCCCCC[N+](C)(C)CCC[Si](O)(O)O.[Cl-].[Cl-]. The van der Waals surface area contributed by atoms with E-state index in [1.807, 2.05) is 0 Å². The molecule has 0 unspecified atom stereocenters. The third-order valence-corrected chi connectivity index (χ3v) is 16.9. The van der Waals surface area contributed by atoms with Gasteiger partial charge in [-0.15, -0.1) is 0 Å². The number of quaternary nitrogens is 2. The lowest BCUT2D eigenvalue weighted by molar-refractivity contribution is -0.890. The highest BCUT2D eigenvalue weighted by atomic mass is 35.5. The fourth-order valence-electron chi connectivity index (χ4n) is 8.42. The Bertz CT molecular complexity index is 846. The Kier molecular flexibility index (Phi) is 52.8. The lowest BCUT2D eigenvalue weighted by Gasteiger charge is -2.32. The maximum atomic E-state index is 9.57. The molecule has 0 saturated heterocycles. The molecule has 0 aromatic heterocycles. The third kappa shape index (κ3) is 51.5. The molecule has 0 aromatic rings. The first-order valence-electron chi connectivity index (χ1n) is 25.7. The highest BCUT2D eigenvalue weighted by Crippen LogP contribution is 2.18. The normalized spacial score (nSPS) is 12.2. The molecule has 12 heteroatoms. The summed E-state index contributed by atoms with van der Waals surface area (Å²) in [4.78, 5) is 27.2. The van der Waals surface area contributed by atoms with Crippen LogP contribution in [0.1, 0.15) is 232 Å². The molecule has 0 aliphatic rings. The molecule has 0 aliphatic heterocycles. The molecular formula is C49H110Cl2N2O6Si2. The van der Waals surface area contributed by atoms with Crippen LogP contribution in [-0.2, 0) is 8.85 Å². The van der Waals surface area contributed by atoms with Gasteiger partial charge >= 0.3 is 17.4 Å². The van der Waals surface area contributed by atoms with E-state index in [2.05, 4.69) is 42.0 Å². The van der Waals surface area contributed by atoms with Gasteiger partial charge in [0.05, 0.1) is 60.6 Å².